The van der Waals surface area contributed by atoms with E-state index in [2.05, 4.69) is 24.5 Å². The van der Waals surface area contributed by atoms with E-state index in [4.69, 9.17) is 16.3 Å². The maximum Gasteiger partial charge on any atom is 0.373 e. The van der Waals surface area contributed by atoms with Crippen molar-refractivity contribution in [3.05, 3.63) is 89.7 Å². The molecular weight excluding hydrogens is 537 g/mol. The molecule has 0 spiro atoms. The van der Waals surface area contributed by atoms with Crippen LogP contribution in [0.1, 0.15) is 0 Å². The number of aromatic nitrogens is 4. The normalized spacial score (nSPS) is 11.3. The first-order valence-electron chi connectivity index (χ1n) is 10.9. The molecule has 2 aromatic heterocycles. The Morgan fingerprint density at radius 3 is 2.11 bits per heavy atom. The molecule has 0 atom stereocenters. The first-order chi connectivity index (χ1) is 18.2. The quantitative estimate of drug-likeness (QED) is 0.301. The Labute approximate surface area is 221 Å². The largest absolute Gasteiger partial charge is 0.538 e. The minimum atomic E-state index is -4.60. The molecule has 0 aliphatic carbocycles. The van der Waals surface area contributed by atoms with E-state index in [0.717, 1.165) is 4.68 Å². The Kier molecular flexibility index (Phi) is 6.66. The fraction of sp³-hybridized carbons (Fsp3) is 0.0400. The fourth-order valence-corrected chi connectivity index (χ4v) is 4.73. The van der Waals surface area contributed by atoms with Gasteiger partial charge < -0.3 is 14.4 Å². The average molecular weight is 554 g/mol. The van der Waals surface area contributed by atoms with Gasteiger partial charge in [0.05, 0.1) is 23.8 Å². The van der Waals surface area contributed by atoms with Gasteiger partial charge in [-0.1, -0.05) is 11.6 Å². The second-order valence-electron chi connectivity index (χ2n) is 7.86. The Morgan fingerprint density at radius 2 is 1.53 bits per heavy atom. The van der Waals surface area contributed by atoms with Crippen molar-refractivity contribution in [2.75, 3.05) is 11.8 Å². The van der Waals surface area contributed by atoms with E-state index in [0.29, 0.717) is 33.3 Å². The van der Waals surface area contributed by atoms with Crippen molar-refractivity contribution in [3.8, 4) is 39.9 Å². The van der Waals surface area contributed by atoms with Gasteiger partial charge in [-0.2, -0.15) is 8.42 Å². The van der Waals surface area contributed by atoms with Crippen molar-refractivity contribution < 1.29 is 31.9 Å². The number of ether oxygens (including phenoxy) is 1. The van der Waals surface area contributed by atoms with Gasteiger partial charge in [-0.05, 0) is 71.4 Å². The molecule has 0 aliphatic heterocycles. The first-order valence-corrected chi connectivity index (χ1v) is 12.8. The number of rotatable bonds is 7. The zero-order valence-electron chi connectivity index (χ0n) is 19.5. The summed E-state index contributed by atoms with van der Waals surface area (Å²) in [5.74, 6) is -1.36. The lowest BCUT2D eigenvalue weighted by atomic mass is 10.1. The first kappa shape index (κ1) is 25.1. The molecule has 0 unspecified atom stereocenters. The van der Waals surface area contributed by atoms with Gasteiger partial charge in [0.25, 0.3) is 0 Å². The summed E-state index contributed by atoms with van der Waals surface area (Å²) >= 11 is 5.91. The number of hydrogen-bond acceptors (Lipinski definition) is 8. The van der Waals surface area contributed by atoms with Crippen molar-refractivity contribution in [1.29, 1.82) is 0 Å². The fourth-order valence-electron chi connectivity index (χ4n) is 3.55. The van der Waals surface area contributed by atoms with Crippen LogP contribution in [0.3, 0.4) is 0 Å². The van der Waals surface area contributed by atoms with Crippen LogP contribution in [-0.4, -0.2) is 30.8 Å². The van der Waals surface area contributed by atoms with Crippen LogP contribution in [-0.2, 0) is 10.0 Å². The lowest BCUT2D eigenvalue weighted by Crippen LogP contribution is -2.40. The Balaban J connectivity index is 1.59. The molecule has 2 heterocycles. The van der Waals surface area contributed by atoms with Crippen LogP contribution >= 0.6 is 11.6 Å². The van der Waals surface area contributed by atoms with E-state index in [1.807, 2.05) is 0 Å². The summed E-state index contributed by atoms with van der Waals surface area (Å²) in [7, 11) is -3.07. The minimum Gasteiger partial charge on any atom is -0.538 e. The van der Waals surface area contributed by atoms with E-state index < -0.39 is 26.8 Å². The second-order valence-corrected chi connectivity index (χ2v) is 9.89. The van der Waals surface area contributed by atoms with Crippen LogP contribution in [0.5, 0.6) is 11.7 Å². The summed E-state index contributed by atoms with van der Waals surface area (Å²) in [6.07, 6.45) is 0. The maximum atomic E-state index is 13.5. The third-order valence-corrected chi connectivity index (χ3v) is 6.93. The Hall–Kier alpha value is -4.55. The Bertz CT molecular complexity index is 1710. The van der Waals surface area contributed by atoms with Gasteiger partial charge in [0.1, 0.15) is 11.6 Å². The summed E-state index contributed by atoms with van der Waals surface area (Å²) in [4.78, 5) is 8.65. The molecule has 5 rings (SSSR count). The molecule has 1 N–H and O–H groups in total. The molecule has 0 radical (unpaired) electrons. The summed E-state index contributed by atoms with van der Waals surface area (Å²) in [6.45, 7) is 0. The summed E-state index contributed by atoms with van der Waals surface area (Å²) in [5, 5.41) is 15.6. The zero-order chi connectivity index (χ0) is 26.9. The van der Waals surface area contributed by atoms with Crippen LogP contribution in [0, 0.1) is 5.82 Å². The van der Waals surface area contributed by atoms with E-state index in [1.54, 1.807) is 30.3 Å². The molecule has 0 bridgehead atoms. The number of nitrogens with zero attached hydrogens (tertiary/aromatic N) is 4. The van der Waals surface area contributed by atoms with Crippen LogP contribution in [0.15, 0.2) is 88.4 Å². The number of anilines is 1. The van der Waals surface area contributed by atoms with Crippen LogP contribution in [0.2, 0.25) is 5.02 Å². The number of sulfonamides is 1. The highest BCUT2D eigenvalue weighted by Gasteiger charge is 2.34. The highest BCUT2D eigenvalue weighted by Crippen LogP contribution is 2.28. The van der Waals surface area contributed by atoms with E-state index >= 15 is 0 Å². The van der Waals surface area contributed by atoms with E-state index in [1.165, 1.54) is 55.6 Å². The second kappa shape index (κ2) is 10.1. The number of halogens is 2. The lowest BCUT2D eigenvalue weighted by Gasteiger charge is -2.10. The molecule has 38 heavy (non-hydrogen) atoms. The topological polar surface area (TPSA) is 134 Å². The highest BCUT2D eigenvalue weighted by atomic mass is 35.5. The predicted octanol–water partition coefficient (Wildman–Crippen LogP) is 3.75. The van der Waals surface area contributed by atoms with Gasteiger partial charge >= 0.3 is 15.0 Å². The third-order valence-electron chi connectivity index (χ3n) is 5.38. The average Bonchev–Trinajstić information content (AvgIpc) is 3.31. The standard InChI is InChI=1S/C25H17ClFN5O5S/c1-36-20-12-4-16(5-13-20)22-14-21(15-2-8-18(27)9-3-15)28-25(29-22)30-38(34,35)23-24(33)37-31-32(23)19-10-6-17(26)7-11-19/h2-14H,1H3,(H-,28,29,30,31,33). The maximum absolute atomic E-state index is 13.5. The molecule has 10 nitrogen and oxygen atoms in total. The molecule has 0 aliphatic rings. The molecule has 13 heteroatoms. The lowest BCUT2D eigenvalue weighted by molar-refractivity contribution is -0.706. The molecule has 5 aromatic rings. The highest BCUT2D eigenvalue weighted by molar-refractivity contribution is 7.92. The smallest absolute Gasteiger partial charge is 0.373 e. The molecule has 0 saturated heterocycles. The number of hydrogen-bond donors (Lipinski definition) is 1. The minimum absolute atomic E-state index is 0.223. The van der Waals surface area contributed by atoms with Crippen molar-refractivity contribution in [1.82, 2.24) is 15.2 Å². The third kappa shape index (κ3) is 5.12. The number of methoxy groups -OCH3 is 1. The van der Waals surface area contributed by atoms with E-state index in [-0.39, 0.29) is 11.6 Å². The molecule has 0 fully saturated rings. The van der Waals surface area contributed by atoms with Crippen molar-refractivity contribution in [2.24, 2.45) is 0 Å². The van der Waals surface area contributed by atoms with Crippen LogP contribution < -0.4 is 19.2 Å². The molecule has 192 valence electrons. The van der Waals surface area contributed by atoms with Crippen molar-refractivity contribution in [2.45, 2.75) is 5.03 Å². The monoisotopic (exact) mass is 553 g/mol. The summed E-state index contributed by atoms with van der Waals surface area (Å²) in [6, 6.07) is 20.0. The van der Waals surface area contributed by atoms with Gasteiger partial charge in [0, 0.05) is 28.3 Å². The summed E-state index contributed by atoms with van der Waals surface area (Å²) in [5.41, 5.74) is 2.03. The van der Waals surface area contributed by atoms with Gasteiger partial charge in [-0.15, -0.1) is 0 Å². The molecule has 3 aromatic carbocycles. The van der Waals surface area contributed by atoms with Crippen molar-refractivity contribution >= 4 is 27.6 Å². The SMILES string of the molecule is COc1ccc(-c2cc(-c3ccc(F)cc3)nc(NS(=O)(=O)c3c([O-])on[n+]3-c3ccc(Cl)cc3)n2)cc1. The number of benzene rings is 3. The zero-order valence-corrected chi connectivity index (χ0v) is 21.1. The molecule has 0 saturated carbocycles. The van der Waals surface area contributed by atoms with Crippen LogP contribution in [0.25, 0.3) is 28.2 Å². The predicted molar refractivity (Wildman–Crippen MR) is 133 cm³/mol. The van der Waals surface area contributed by atoms with Gasteiger partial charge in [0.15, 0.2) is 5.95 Å². The van der Waals surface area contributed by atoms with Gasteiger partial charge in [-0.25, -0.2) is 19.1 Å². The van der Waals surface area contributed by atoms with Crippen LogP contribution in [0.4, 0.5) is 10.3 Å². The van der Waals surface area contributed by atoms with E-state index in [9.17, 15) is 17.9 Å². The van der Waals surface area contributed by atoms with Gasteiger partial charge in [0.2, 0.25) is 11.6 Å². The van der Waals surface area contributed by atoms with Crippen molar-refractivity contribution in [3.63, 3.8) is 0 Å². The van der Waals surface area contributed by atoms with Gasteiger partial charge in [-0.3, -0.25) is 0 Å². The molecular formula is C25H17ClFN5O5S. The Morgan fingerprint density at radius 1 is 0.947 bits per heavy atom. The summed E-state index contributed by atoms with van der Waals surface area (Å²) < 4.78 is 53.2. The molecule has 0 amide bonds. The number of nitrogens with one attached hydrogen (secondary N) is 1.